The van der Waals surface area contributed by atoms with Gasteiger partial charge in [0.15, 0.2) is 12.2 Å². The summed E-state index contributed by atoms with van der Waals surface area (Å²) < 4.78 is 23.4. The van der Waals surface area contributed by atoms with Crippen molar-refractivity contribution in [2.24, 2.45) is 5.73 Å². The molecule has 3 N–H and O–H groups in total. The molecule has 0 radical (unpaired) electrons. The molecule has 0 saturated heterocycles. The van der Waals surface area contributed by atoms with Crippen molar-refractivity contribution >= 4 is 23.5 Å². The molecule has 0 aliphatic heterocycles. The summed E-state index contributed by atoms with van der Waals surface area (Å²) in [5, 5.41) is 2.52. The Morgan fingerprint density at radius 3 is 2.19 bits per heavy atom. The summed E-state index contributed by atoms with van der Waals surface area (Å²) in [4.78, 5) is 35.1. The average molecular weight is 374 g/mol. The van der Waals surface area contributed by atoms with Crippen LogP contribution in [0.25, 0.3) is 0 Å². The SMILES string of the molecule is CC(C)(Oc1ccc(F)cc1)C(=O)OCC(=O)Nc1ccc(C(N)=O)cc1. The normalized spacial score (nSPS) is 10.8. The van der Waals surface area contributed by atoms with Gasteiger partial charge in [0.2, 0.25) is 5.91 Å². The maximum Gasteiger partial charge on any atom is 0.350 e. The molecule has 2 aromatic rings. The molecule has 2 rings (SSSR count). The number of primary amides is 1. The fourth-order valence-electron chi connectivity index (χ4n) is 2.06. The minimum Gasteiger partial charge on any atom is -0.476 e. The maximum atomic E-state index is 12.9. The number of carbonyl (C=O) groups is 3. The van der Waals surface area contributed by atoms with Gasteiger partial charge in [-0.1, -0.05) is 0 Å². The summed E-state index contributed by atoms with van der Waals surface area (Å²) in [6.07, 6.45) is 0. The number of anilines is 1. The number of hydrogen-bond acceptors (Lipinski definition) is 5. The van der Waals surface area contributed by atoms with E-state index in [1.54, 1.807) is 0 Å². The summed E-state index contributed by atoms with van der Waals surface area (Å²) in [6.45, 7) is 2.42. The van der Waals surface area contributed by atoms with E-state index in [2.05, 4.69) is 5.32 Å². The van der Waals surface area contributed by atoms with Crippen molar-refractivity contribution < 1.29 is 28.2 Å². The Hall–Kier alpha value is -3.42. The minimum absolute atomic E-state index is 0.289. The lowest BCUT2D eigenvalue weighted by Crippen LogP contribution is -2.41. The van der Waals surface area contributed by atoms with Gasteiger partial charge in [-0.15, -0.1) is 0 Å². The van der Waals surface area contributed by atoms with Crippen LogP contribution in [-0.4, -0.2) is 30.0 Å². The van der Waals surface area contributed by atoms with Gasteiger partial charge < -0.3 is 20.5 Å². The maximum absolute atomic E-state index is 12.9. The summed E-state index contributed by atoms with van der Waals surface area (Å²) in [7, 11) is 0. The van der Waals surface area contributed by atoms with Crippen molar-refractivity contribution in [2.45, 2.75) is 19.4 Å². The number of nitrogens with one attached hydrogen (secondary N) is 1. The van der Waals surface area contributed by atoms with E-state index < -0.39 is 35.8 Å². The van der Waals surface area contributed by atoms with Gasteiger partial charge in [-0.2, -0.15) is 0 Å². The van der Waals surface area contributed by atoms with E-state index >= 15 is 0 Å². The van der Waals surface area contributed by atoms with E-state index in [0.717, 1.165) is 0 Å². The Morgan fingerprint density at radius 2 is 1.63 bits per heavy atom. The van der Waals surface area contributed by atoms with Crippen LogP contribution in [0.5, 0.6) is 5.75 Å². The zero-order valence-corrected chi connectivity index (χ0v) is 14.8. The van der Waals surface area contributed by atoms with Crippen LogP contribution in [0.1, 0.15) is 24.2 Å². The second-order valence-electron chi connectivity index (χ2n) is 6.13. The molecule has 2 amide bonds. The minimum atomic E-state index is -1.37. The predicted octanol–water partition coefficient (Wildman–Crippen LogP) is 2.26. The lowest BCUT2D eigenvalue weighted by atomic mass is 10.1. The zero-order valence-electron chi connectivity index (χ0n) is 14.8. The monoisotopic (exact) mass is 374 g/mol. The number of halogens is 1. The quantitative estimate of drug-likeness (QED) is 0.723. The Bertz CT molecular complexity index is 832. The number of carbonyl (C=O) groups excluding carboxylic acids is 3. The van der Waals surface area contributed by atoms with Crippen LogP contribution in [0, 0.1) is 5.82 Å². The zero-order chi connectivity index (χ0) is 20.0. The molecule has 0 atom stereocenters. The summed E-state index contributed by atoms with van der Waals surface area (Å²) in [5.41, 5.74) is 4.49. The Morgan fingerprint density at radius 1 is 1.04 bits per heavy atom. The van der Waals surface area contributed by atoms with Gasteiger partial charge in [-0.05, 0) is 62.4 Å². The van der Waals surface area contributed by atoms with Gasteiger partial charge in [-0.3, -0.25) is 9.59 Å². The Balaban J connectivity index is 1.86. The molecule has 0 bridgehead atoms. The molecule has 2 aromatic carbocycles. The molecule has 0 fully saturated rings. The van der Waals surface area contributed by atoms with E-state index in [0.29, 0.717) is 11.3 Å². The first kappa shape index (κ1) is 19.9. The van der Waals surface area contributed by atoms with Gasteiger partial charge in [0.1, 0.15) is 11.6 Å². The number of rotatable bonds is 7. The van der Waals surface area contributed by atoms with Crippen molar-refractivity contribution in [3.63, 3.8) is 0 Å². The smallest absolute Gasteiger partial charge is 0.350 e. The molecule has 0 aromatic heterocycles. The molecule has 0 aliphatic carbocycles. The molecule has 142 valence electrons. The van der Waals surface area contributed by atoms with Gasteiger partial charge in [-0.25, -0.2) is 9.18 Å². The van der Waals surface area contributed by atoms with Gasteiger partial charge in [0, 0.05) is 11.3 Å². The molecular weight excluding hydrogens is 355 g/mol. The second-order valence-corrected chi connectivity index (χ2v) is 6.13. The summed E-state index contributed by atoms with van der Waals surface area (Å²) in [6, 6.07) is 11.1. The third-order valence-corrected chi connectivity index (χ3v) is 3.47. The second kappa shape index (κ2) is 8.31. The number of benzene rings is 2. The largest absolute Gasteiger partial charge is 0.476 e. The molecule has 0 spiro atoms. The molecule has 0 heterocycles. The van der Waals surface area contributed by atoms with Crippen LogP contribution < -0.4 is 15.8 Å². The highest BCUT2D eigenvalue weighted by Gasteiger charge is 2.32. The van der Waals surface area contributed by atoms with E-state index in [-0.39, 0.29) is 5.75 Å². The lowest BCUT2D eigenvalue weighted by molar-refractivity contribution is -0.161. The highest BCUT2D eigenvalue weighted by atomic mass is 19.1. The van der Waals surface area contributed by atoms with Crippen LogP contribution in [0.4, 0.5) is 10.1 Å². The van der Waals surface area contributed by atoms with Gasteiger partial charge >= 0.3 is 5.97 Å². The fourth-order valence-corrected chi connectivity index (χ4v) is 2.06. The molecule has 27 heavy (non-hydrogen) atoms. The highest BCUT2D eigenvalue weighted by molar-refractivity contribution is 5.95. The molecule has 7 nitrogen and oxygen atoms in total. The van der Waals surface area contributed by atoms with Crippen LogP contribution in [-0.2, 0) is 14.3 Å². The number of hydrogen-bond donors (Lipinski definition) is 2. The van der Waals surface area contributed by atoms with Crippen LogP contribution in [0.2, 0.25) is 0 Å². The third kappa shape index (κ3) is 5.81. The van der Waals surface area contributed by atoms with Gasteiger partial charge in [0.05, 0.1) is 0 Å². The van der Waals surface area contributed by atoms with Crippen molar-refractivity contribution in [1.82, 2.24) is 0 Å². The van der Waals surface area contributed by atoms with Crippen LogP contribution in [0.3, 0.4) is 0 Å². The first-order valence-corrected chi connectivity index (χ1v) is 7.99. The van der Waals surface area contributed by atoms with Gasteiger partial charge in [0.25, 0.3) is 5.91 Å². The molecule has 0 aliphatic rings. The molecule has 0 saturated carbocycles. The summed E-state index contributed by atoms with van der Waals surface area (Å²) in [5.74, 6) is -2.04. The Labute approximate surface area is 155 Å². The summed E-state index contributed by atoms with van der Waals surface area (Å²) >= 11 is 0. The third-order valence-electron chi connectivity index (χ3n) is 3.47. The average Bonchev–Trinajstić information content (AvgIpc) is 2.62. The van der Waals surface area contributed by atoms with E-state index in [4.69, 9.17) is 15.2 Å². The van der Waals surface area contributed by atoms with E-state index in [9.17, 15) is 18.8 Å². The predicted molar refractivity (Wildman–Crippen MR) is 95.7 cm³/mol. The number of nitrogens with two attached hydrogens (primary N) is 1. The van der Waals surface area contributed by atoms with Crippen molar-refractivity contribution in [3.8, 4) is 5.75 Å². The molecular formula is C19H19FN2O5. The van der Waals surface area contributed by atoms with Crippen molar-refractivity contribution in [2.75, 3.05) is 11.9 Å². The standard InChI is InChI=1S/C19H19FN2O5/c1-19(2,27-15-9-5-13(20)6-10-15)18(25)26-11-16(23)22-14-7-3-12(4-8-14)17(21)24/h3-10H,11H2,1-2H3,(H2,21,24)(H,22,23). The van der Waals surface area contributed by atoms with E-state index in [1.807, 2.05) is 0 Å². The highest BCUT2D eigenvalue weighted by Crippen LogP contribution is 2.20. The van der Waals surface area contributed by atoms with Crippen molar-refractivity contribution in [3.05, 3.63) is 59.9 Å². The first-order valence-electron chi connectivity index (χ1n) is 7.99. The topological polar surface area (TPSA) is 108 Å². The fraction of sp³-hybridized carbons (Fsp3) is 0.211. The molecule has 8 heteroatoms. The van der Waals surface area contributed by atoms with E-state index in [1.165, 1.54) is 62.4 Å². The number of esters is 1. The van der Waals surface area contributed by atoms with Crippen LogP contribution >= 0.6 is 0 Å². The van der Waals surface area contributed by atoms with Crippen molar-refractivity contribution in [1.29, 1.82) is 0 Å². The first-order chi connectivity index (χ1) is 12.7. The Kier molecular flexibility index (Phi) is 6.12. The number of ether oxygens (including phenoxy) is 2. The van der Waals surface area contributed by atoms with Crippen LogP contribution in [0.15, 0.2) is 48.5 Å². The molecule has 0 unspecified atom stereocenters. The number of amides is 2. The lowest BCUT2D eigenvalue weighted by Gasteiger charge is -2.24.